The van der Waals surface area contributed by atoms with Gasteiger partial charge in [-0.25, -0.2) is 9.18 Å². The minimum Gasteiger partial charge on any atom is -0.459 e. The molecule has 7 heteroatoms. The van der Waals surface area contributed by atoms with E-state index in [-0.39, 0.29) is 11.3 Å². The molecule has 0 radical (unpaired) electrons. The topological polar surface area (TPSA) is 38.3 Å². The summed E-state index contributed by atoms with van der Waals surface area (Å²) in [6.45, 7) is 6.68. The van der Waals surface area contributed by atoms with Gasteiger partial charge in [0.15, 0.2) is 0 Å². The molecule has 0 unspecified atom stereocenters. The maximum atomic E-state index is 14.1. The summed E-state index contributed by atoms with van der Waals surface area (Å²) in [5.74, 6) is -1.76. The van der Waals surface area contributed by atoms with E-state index in [9.17, 15) is 22.4 Å². The summed E-state index contributed by atoms with van der Waals surface area (Å²) in [6, 6.07) is 5.87. The molecule has 0 saturated carbocycles. The number of hydrogen-bond donors (Lipinski definition) is 1. The van der Waals surface area contributed by atoms with Crippen molar-refractivity contribution in [2.24, 2.45) is 0 Å². The largest absolute Gasteiger partial charge is 0.459 e. The first-order chi connectivity index (χ1) is 12.0. The zero-order valence-electron chi connectivity index (χ0n) is 14.8. The van der Waals surface area contributed by atoms with E-state index in [0.717, 1.165) is 23.8 Å². The van der Waals surface area contributed by atoms with Gasteiger partial charge in [-0.3, -0.25) is 0 Å². The van der Waals surface area contributed by atoms with E-state index in [1.54, 1.807) is 33.8 Å². The number of ether oxygens (including phenoxy) is 1. The van der Waals surface area contributed by atoms with Crippen LogP contribution in [0.25, 0.3) is 0 Å². The van der Waals surface area contributed by atoms with Crippen LogP contribution < -0.4 is 5.32 Å². The fraction of sp³-hybridized carbons (Fsp3) is 0.316. The molecule has 0 saturated heterocycles. The lowest BCUT2D eigenvalue weighted by Crippen LogP contribution is -2.16. The second kappa shape index (κ2) is 7.35. The molecule has 0 aliphatic carbocycles. The van der Waals surface area contributed by atoms with Gasteiger partial charge in [-0.1, -0.05) is 12.1 Å². The molecule has 2 rings (SSSR count). The molecule has 0 aromatic heterocycles. The van der Waals surface area contributed by atoms with Crippen LogP contribution in [0.5, 0.6) is 0 Å². The second-order valence-electron chi connectivity index (χ2n) is 6.24. The number of esters is 1. The third-order valence-corrected chi connectivity index (χ3v) is 3.61. The van der Waals surface area contributed by atoms with E-state index in [4.69, 9.17) is 4.74 Å². The molecule has 0 aliphatic heterocycles. The number of alkyl halides is 3. The van der Waals surface area contributed by atoms with Crippen molar-refractivity contribution in [2.75, 3.05) is 5.32 Å². The number of benzene rings is 2. The third-order valence-electron chi connectivity index (χ3n) is 3.61. The van der Waals surface area contributed by atoms with Crippen molar-refractivity contribution in [3.63, 3.8) is 0 Å². The van der Waals surface area contributed by atoms with Crippen LogP contribution in [-0.4, -0.2) is 12.1 Å². The lowest BCUT2D eigenvalue weighted by molar-refractivity contribution is -0.137. The van der Waals surface area contributed by atoms with Crippen molar-refractivity contribution in [3.05, 3.63) is 58.4 Å². The molecule has 0 bridgehead atoms. The number of nitrogens with one attached hydrogen (secondary N) is 1. The van der Waals surface area contributed by atoms with Gasteiger partial charge >= 0.3 is 12.1 Å². The van der Waals surface area contributed by atoms with Crippen molar-refractivity contribution >= 4 is 17.3 Å². The number of halogens is 4. The quantitative estimate of drug-likeness (QED) is 0.549. The highest BCUT2D eigenvalue weighted by Crippen LogP contribution is 2.38. The van der Waals surface area contributed by atoms with E-state index >= 15 is 0 Å². The molecule has 2 aromatic rings. The Balaban J connectivity index is 2.60. The summed E-state index contributed by atoms with van der Waals surface area (Å²) >= 11 is 0. The van der Waals surface area contributed by atoms with Gasteiger partial charge in [0.05, 0.1) is 28.6 Å². The van der Waals surface area contributed by atoms with Crippen LogP contribution in [0.4, 0.5) is 28.9 Å². The maximum Gasteiger partial charge on any atom is 0.418 e. The molecule has 26 heavy (non-hydrogen) atoms. The predicted octanol–water partition coefficient (Wildman–Crippen LogP) is 5.77. The predicted molar refractivity (Wildman–Crippen MR) is 91.2 cm³/mol. The van der Waals surface area contributed by atoms with Crippen LogP contribution in [0.2, 0.25) is 0 Å². The minimum atomic E-state index is -4.75. The van der Waals surface area contributed by atoms with Crippen molar-refractivity contribution in [3.8, 4) is 0 Å². The Morgan fingerprint density at radius 2 is 1.77 bits per heavy atom. The lowest BCUT2D eigenvalue weighted by Gasteiger charge is -2.20. The van der Waals surface area contributed by atoms with Gasteiger partial charge in [0.25, 0.3) is 0 Å². The fourth-order valence-corrected chi connectivity index (χ4v) is 2.58. The Hall–Kier alpha value is -2.57. The Labute approximate surface area is 149 Å². The van der Waals surface area contributed by atoms with Crippen LogP contribution in [0, 0.1) is 19.7 Å². The molecular formula is C19H19F4NO2. The van der Waals surface area contributed by atoms with Gasteiger partial charge in [-0.05, 0) is 57.0 Å². The van der Waals surface area contributed by atoms with Crippen molar-refractivity contribution in [1.29, 1.82) is 0 Å². The first-order valence-corrected chi connectivity index (χ1v) is 7.95. The molecule has 0 aliphatic rings. The number of anilines is 2. The standard InChI is InChI=1S/C19H19F4NO2/c1-10(2)26-18(25)13-9-11(3)8-12(4)16(13)24-17-14(19(21,22)23)6-5-7-15(17)20/h5-10,24H,1-4H3. The number of carbonyl (C=O) groups is 1. The summed E-state index contributed by atoms with van der Waals surface area (Å²) in [4.78, 5) is 12.4. The highest BCUT2D eigenvalue weighted by atomic mass is 19.4. The SMILES string of the molecule is Cc1cc(C)c(Nc2c(F)cccc2C(F)(F)F)c(C(=O)OC(C)C)c1. The van der Waals surface area contributed by atoms with Gasteiger partial charge in [-0.2, -0.15) is 13.2 Å². The Bertz CT molecular complexity index is 829. The second-order valence-corrected chi connectivity index (χ2v) is 6.24. The molecule has 3 nitrogen and oxygen atoms in total. The highest BCUT2D eigenvalue weighted by molar-refractivity contribution is 5.98. The normalized spacial score (nSPS) is 11.6. The number of rotatable bonds is 4. The van der Waals surface area contributed by atoms with Crippen molar-refractivity contribution in [2.45, 2.75) is 40.0 Å². The summed E-state index contributed by atoms with van der Waals surface area (Å²) in [7, 11) is 0. The van der Waals surface area contributed by atoms with Crippen molar-refractivity contribution in [1.82, 2.24) is 0 Å². The molecule has 1 N–H and O–H groups in total. The number of aryl methyl sites for hydroxylation is 2. The third kappa shape index (κ3) is 4.33. The van der Waals surface area contributed by atoms with Gasteiger partial charge in [0, 0.05) is 0 Å². The smallest absolute Gasteiger partial charge is 0.418 e. The van der Waals surface area contributed by atoms with Crippen LogP contribution >= 0.6 is 0 Å². The molecule has 0 fully saturated rings. The Morgan fingerprint density at radius 3 is 2.35 bits per heavy atom. The number of hydrogen-bond acceptors (Lipinski definition) is 3. The van der Waals surface area contributed by atoms with E-state index < -0.39 is 35.3 Å². The lowest BCUT2D eigenvalue weighted by atomic mass is 10.0. The molecular weight excluding hydrogens is 350 g/mol. The molecule has 0 atom stereocenters. The summed E-state index contributed by atoms with van der Waals surface area (Å²) < 4.78 is 59.0. The number of carbonyl (C=O) groups excluding carboxylic acids is 1. The van der Waals surface area contributed by atoms with Gasteiger partial charge in [0.1, 0.15) is 5.82 Å². The maximum absolute atomic E-state index is 14.1. The van der Waals surface area contributed by atoms with Crippen LogP contribution in [0.15, 0.2) is 30.3 Å². The van der Waals surface area contributed by atoms with E-state index in [0.29, 0.717) is 5.56 Å². The summed E-state index contributed by atoms with van der Waals surface area (Å²) in [6.07, 6.45) is -5.16. The average molecular weight is 369 g/mol. The number of para-hydroxylation sites is 1. The zero-order chi connectivity index (χ0) is 19.6. The molecule has 2 aromatic carbocycles. The van der Waals surface area contributed by atoms with Crippen LogP contribution in [0.3, 0.4) is 0 Å². The minimum absolute atomic E-state index is 0.0487. The Morgan fingerprint density at radius 1 is 1.12 bits per heavy atom. The van der Waals surface area contributed by atoms with E-state index in [1.807, 2.05) is 0 Å². The summed E-state index contributed by atoms with van der Waals surface area (Å²) in [5, 5.41) is 2.47. The average Bonchev–Trinajstić information content (AvgIpc) is 2.49. The van der Waals surface area contributed by atoms with Gasteiger partial charge in [-0.15, -0.1) is 0 Å². The molecule has 140 valence electrons. The zero-order valence-corrected chi connectivity index (χ0v) is 14.8. The highest BCUT2D eigenvalue weighted by Gasteiger charge is 2.35. The van der Waals surface area contributed by atoms with Crippen LogP contribution in [0.1, 0.15) is 40.9 Å². The monoisotopic (exact) mass is 369 g/mol. The van der Waals surface area contributed by atoms with Gasteiger partial charge in [0.2, 0.25) is 0 Å². The van der Waals surface area contributed by atoms with Crippen molar-refractivity contribution < 1.29 is 27.1 Å². The molecule has 0 spiro atoms. The van der Waals surface area contributed by atoms with E-state index in [2.05, 4.69) is 5.32 Å². The first kappa shape index (κ1) is 19.8. The first-order valence-electron chi connectivity index (χ1n) is 7.95. The fourth-order valence-electron chi connectivity index (χ4n) is 2.58. The van der Waals surface area contributed by atoms with E-state index in [1.165, 1.54) is 6.07 Å². The molecule has 0 heterocycles. The summed E-state index contributed by atoms with van der Waals surface area (Å²) in [5.41, 5.74) is -0.527. The van der Waals surface area contributed by atoms with Crippen LogP contribution in [-0.2, 0) is 10.9 Å². The van der Waals surface area contributed by atoms with Gasteiger partial charge < -0.3 is 10.1 Å². The molecule has 0 amide bonds. The Kier molecular flexibility index (Phi) is 5.59.